The van der Waals surface area contributed by atoms with Crippen LogP contribution in [0.15, 0.2) is 245 Å². The van der Waals surface area contributed by atoms with Crippen LogP contribution in [-0.4, -0.2) is 20.0 Å². The van der Waals surface area contributed by atoms with Crippen molar-refractivity contribution in [3.63, 3.8) is 0 Å². The number of halogens is 1. The molecule has 0 amide bonds. The molecule has 2 bridgehead atoms. The van der Waals surface area contributed by atoms with Crippen LogP contribution < -0.4 is 4.74 Å². The van der Waals surface area contributed by atoms with Crippen molar-refractivity contribution in [1.29, 1.82) is 0 Å². The molecular weight excluding hydrogens is 985 g/mol. The number of ketones is 1. The minimum absolute atomic E-state index is 0.0253. The van der Waals surface area contributed by atoms with E-state index in [1.807, 2.05) is 133 Å². The van der Waals surface area contributed by atoms with Gasteiger partial charge in [-0.3, -0.25) is 4.79 Å². The Morgan fingerprint density at radius 1 is 0.529 bits per heavy atom. The zero-order chi connectivity index (χ0) is 46.9. The highest BCUT2D eigenvalue weighted by Gasteiger charge is 2.66. The molecule has 2 saturated carbocycles. The van der Waals surface area contributed by atoms with E-state index in [4.69, 9.17) is 8.37 Å². The smallest absolute Gasteiger partial charge is 0.278 e. The molecule has 10 rings (SSSR count). The highest BCUT2D eigenvalue weighted by Crippen LogP contribution is 2.71. The van der Waals surface area contributed by atoms with Crippen molar-refractivity contribution in [1.82, 2.24) is 0 Å². The Kier molecular flexibility index (Phi) is 13.1. The van der Waals surface area contributed by atoms with Crippen molar-refractivity contribution < 1.29 is 21.6 Å². The Morgan fingerprint density at radius 3 is 1.31 bits per heavy atom. The first-order valence-corrected chi connectivity index (χ1v) is 28.2. The Balaban J connectivity index is 1.04. The number of fused-ring (bicyclic) bond motifs is 2. The molecule has 2 unspecified atom stereocenters. The van der Waals surface area contributed by atoms with Crippen LogP contribution in [0.3, 0.4) is 0 Å². The van der Waals surface area contributed by atoms with Gasteiger partial charge in [0.1, 0.15) is 17.3 Å². The third kappa shape index (κ3) is 9.39. The average Bonchev–Trinajstić information content (AvgIpc) is 3.70. The fraction of sp³-hybridized carbons (Fsp3) is 0.155. The van der Waals surface area contributed by atoms with Crippen molar-refractivity contribution in [2.24, 2.45) is 16.7 Å². The third-order valence-corrected chi connectivity index (χ3v) is 21.5. The predicted molar refractivity (Wildman–Crippen MR) is 281 cm³/mol. The van der Waals surface area contributed by atoms with Crippen LogP contribution in [0.25, 0.3) is 22.3 Å². The molecule has 342 valence electrons. The number of carbonyl (C=O) groups is 1. The monoisotopic (exact) mass is 1030 g/mol. The summed E-state index contributed by atoms with van der Waals surface area (Å²) in [6.07, 6.45) is 1.77. The molecule has 0 aliphatic heterocycles. The minimum Gasteiger partial charge on any atom is -0.457 e. The van der Waals surface area contributed by atoms with Gasteiger partial charge >= 0.3 is 0 Å². The summed E-state index contributed by atoms with van der Waals surface area (Å²) < 4.78 is 44.5. The number of hydrogen-bond acceptors (Lipinski definition) is 7. The van der Waals surface area contributed by atoms with Crippen LogP contribution in [0, 0.1) is 16.7 Å². The fourth-order valence-electron chi connectivity index (χ4n) is 9.82. The predicted octanol–water partition coefficient (Wildman–Crippen LogP) is 16.8. The van der Waals surface area contributed by atoms with E-state index in [-0.39, 0.29) is 17.5 Å². The lowest BCUT2D eigenvalue weighted by Crippen LogP contribution is -2.42. The number of carbonyl (C=O) groups excluding carboxylic acids is 1. The van der Waals surface area contributed by atoms with Gasteiger partial charge in [-0.2, -0.15) is 8.42 Å². The van der Waals surface area contributed by atoms with E-state index in [2.05, 4.69) is 103 Å². The van der Waals surface area contributed by atoms with Crippen LogP contribution in [0.2, 0.25) is 0 Å². The van der Waals surface area contributed by atoms with Crippen molar-refractivity contribution in [2.75, 3.05) is 5.75 Å². The number of Topliss-reactive ketones (excluding diaryl/α,β-unsaturated/α-hetero) is 1. The van der Waals surface area contributed by atoms with Crippen LogP contribution >= 0.6 is 49.8 Å². The highest BCUT2D eigenvalue weighted by atomic mass is 79.9. The molecule has 10 heteroatoms. The zero-order valence-corrected chi connectivity index (χ0v) is 42.4. The Labute approximate surface area is 418 Å². The third-order valence-electron chi connectivity index (χ3n) is 13.7. The van der Waals surface area contributed by atoms with Crippen molar-refractivity contribution >= 4 is 65.7 Å². The van der Waals surface area contributed by atoms with Gasteiger partial charge in [-0.25, -0.2) is 3.63 Å². The number of rotatable bonds is 15. The Bertz CT molecular complexity index is 3020. The van der Waals surface area contributed by atoms with Gasteiger partial charge in [0.15, 0.2) is 0 Å². The van der Waals surface area contributed by atoms with Gasteiger partial charge in [-0.05, 0) is 178 Å². The van der Waals surface area contributed by atoms with E-state index in [0.29, 0.717) is 39.0 Å². The van der Waals surface area contributed by atoms with Gasteiger partial charge in [0.25, 0.3) is 10.1 Å². The number of ether oxygens (including phenoxy) is 1. The number of benzene rings is 8. The maximum absolute atomic E-state index is 15.2. The normalized spacial score (nSPS) is 17.8. The topological polar surface area (TPSA) is 69.7 Å². The summed E-state index contributed by atoms with van der Waals surface area (Å²) in [5.74, 6) is 1.07. The lowest BCUT2D eigenvalue weighted by Gasteiger charge is -2.41. The molecule has 8 aromatic carbocycles. The summed E-state index contributed by atoms with van der Waals surface area (Å²) in [6.45, 7) is 4.12. The summed E-state index contributed by atoms with van der Waals surface area (Å²) in [4.78, 5) is 20.1. The SMILES string of the molecule is CC1(C)C2CCC1(CS(=O)(=O)OS(c1ccc(Oc3ccc(Br)cc3)cc1)(c1ccc(Sc3ccc(-c4ccccc4)cc3)cc1)c1ccc(Sc3ccc(-c4ccccc4)cc3)cc1)C(=O)C2. The van der Waals surface area contributed by atoms with Crippen LogP contribution in [-0.2, 0) is 18.5 Å². The minimum atomic E-state index is -4.38. The average molecular weight is 1030 g/mol. The van der Waals surface area contributed by atoms with Gasteiger partial charge in [-0.15, -0.1) is 0 Å². The van der Waals surface area contributed by atoms with Gasteiger partial charge in [0, 0.05) is 45.2 Å². The maximum atomic E-state index is 15.2. The summed E-state index contributed by atoms with van der Waals surface area (Å²) in [5.41, 5.74) is 3.12. The first kappa shape index (κ1) is 46.4. The lowest BCUT2D eigenvalue weighted by molar-refractivity contribution is -0.128. The molecule has 68 heavy (non-hydrogen) atoms. The molecule has 0 spiro atoms. The van der Waals surface area contributed by atoms with E-state index in [1.165, 1.54) is 0 Å². The second kappa shape index (κ2) is 19.2. The van der Waals surface area contributed by atoms with Gasteiger partial charge in [0.2, 0.25) is 0 Å². The van der Waals surface area contributed by atoms with E-state index in [0.717, 1.165) is 52.7 Å². The number of hydrogen-bond donors (Lipinski definition) is 0. The second-order valence-corrected chi connectivity index (χ2v) is 25.6. The lowest BCUT2D eigenvalue weighted by atomic mass is 9.70. The zero-order valence-electron chi connectivity index (χ0n) is 37.6. The van der Waals surface area contributed by atoms with Crippen LogP contribution in [0.4, 0.5) is 0 Å². The molecule has 2 aliphatic carbocycles. The summed E-state index contributed by atoms with van der Waals surface area (Å²) in [6, 6.07) is 69.0. The highest BCUT2D eigenvalue weighted by molar-refractivity contribution is 9.10. The molecule has 8 aromatic rings. The standard InChI is InChI=1S/C58H49BrO5S4/c1-57(2)45-37-38-58(57,56(60)39-45)40-67(61,62)64-68(53-31-21-48(22-32-53)63-47-19-17-46(59)18-20-47,54-33-27-51(28-34-54)65-49-23-13-43(14-24-49)41-9-5-3-6-10-41)55-35-29-52(30-36-55)66-50-25-15-44(16-26-50)42-11-7-4-8-12-42/h3-36,45H,37-40H2,1-2H3. The molecule has 0 N–H and O–H groups in total. The first-order chi connectivity index (χ1) is 32.9. The summed E-state index contributed by atoms with van der Waals surface area (Å²) >= 11 is 6.78. The molecule has 2 aliphatic rings. The molecule has 0 aromatic heterocycles. The van der Waals surface area contributed by atoms with E-state index in [9.17, 15) is 4.79 Å². The molecule has 0 saturated heterocycles. The molecule has 5 nitrogen and oxygen atoms in total. The quantitative estimate of drug-likeness (QED) is 0.101. The first-order valence-electron chi connectivity index (χ1n) is 22.6. The van der Waals surface area contributed by atoms with Gasteiger partial charge < -0.3 is 4.74 Å². The van der Waals surface area contributed by atoms with Gasteiger partial charge in [0.05, 0.1) is 11.2 Å². The largest absolute Gasteiger partial charge is 0.457 e. The van der Waals surface area contributed by atoms with Crippen molar-refractivity contribution in [3.05, 3.63) is 211 Å². The molecule has 0 heterocycles. The molecular formula is C58H49BrO5S4. The summed E-state index contributed by atoms with van der Waals surface area (Å²) in [7, 11) is -7.41. The maximum Gasteiger partial charge on any atom is 0.278 e. The van der Waals surface area contributed by atoms with Gasteiger partial charge in [-0.1, -0.05) is 138 Å². The van der Waals surface area contributed by atoms with E-state index in [1.54, 1.807) is 23.5 Å². The fourth-order valence-corrected chi connectivity index (χ4v) is 17.7. The second-order valence-electron chi connectivity index (χ2n) is 17.9. The van der Waals surface area contributed by atoms with E-state index >= 15 is 8.42 Å². The molecule has 0 radical (unpaired) electrons. The molecule has 2 atom stereocenters. The van der Waals surface area contributed by atoms with Crippen molar-refractivity contribution in [2.45, 2.75) is 67.4 Å². The van der Waals surface area contributed by atoms with Crippen LogP contribution in [0.5, 0.6) is 11.5 Å². The molecule has 2 fully saturated rings. The Morgan fingerprint density at radius 2 is 0.912 bits per heavy atom. The van der Waals surface area contributed by atoms with Crippen molar-refractivity contribution in [3.8, 4) is 33.8 Å². The Hall–Kier alpha value is -5.33. The van der Waals surface area contributed by atoms with E-state index < -0.39 is 31.3 Å². The summed E-state index contributed by atoms with van der Waals surface area (Å²) in [5, 5.41) is 0. The van der Waals surface area contributed by atoms with Crippen LogP contribution in [0.1, 0.15) is 33.1 Å².